The molecule has 7 heteroatoms. The molecule has 0 aliphatic heterocycles. The minimum atomic E-state index is -0.324. The Morgan fingerprint density at radius 3 is 1.36 bits per heavy atom. The zero-order valence-electron chi connectivity index (χ0n) is 29.8. The molecule has 4 aromatic carbocycles. The molecule has 0 aliphatic carbocycles. The van der Waals surface area contributed by atoms with Crippen LogP contribution in [0.3, 0.4) is 0 Å². The van der Waals surface area contributed by atoms with Gasteiger partial charge >= 0.3 is 0 Å². The molecule has 0 saturated carbocycles. The summed E-state index contributed by atoms with van der Waals surface area (Å²) in [6, 6.07) is 37.0. The predicted octanol–water partition coefficient (Wildman–Crippen LogP) is 11.9. The van der Waals surface area contributed by atoms with E-state index in [1.54, 1.807) is 42.3 Å². The van der Waals surface area contributed by atoms with Gasteiger partial charge in [0.25, 0.3) is 0 Å². The van der Waals surface area contributed by atoms with Gasteiger partial charge in [-0.15, -0.1) is 5.69 Å². The first-order valence-corrected chi connectivity index (χ1v) is 15.7. The molecular weight excluding hydrogens is 745 g/mol. The van der Waals surface area contributed by atoms with Gasteiger partial charge in [0.1, 0.15) is 0 Å². The quantitative estimate of drug-likeness (QED) is 0.147. The van der Waals surface area contributed by atoms with Gasteiger partial charge in [0.05, 0.1) is 5.69 Å². The van der Waals surface area contributed by atoms with Gasteiger partial charge in [0.15, 0.2) is 5.76 Å². The van der Waals surface area contributed by atoms with Crippen molar-refractivity contribution in [1.29, 1.82) is 0 Å². The molecule has 6 nitrogen and oxygen atoms in total. The van der Waals surface area contributed by atoms with Gasteiger partial charge < -0.3 is 25.7 Å². The molecule has 0 bridgehead atoms. The van der Waals surface area contributed by atoms with Crippen molar-refractivity contribution in [3.05, 3.63) is 153 Å². The van der Waals surface area contributed by atoms with Gasteiger partial charge in [-0.1, -0.05) is 141 Å². The second kappa shape index (κ2) is 23.0. The number of oxazole rings is 1. The van der Waals surface area contributed by atoms with E-state index < -0.39 is 0 Å². The van der Waals surface area contributed by atoms with Crippen LogP contribution in [0, 0.1) is 0 Å². The third-order valence-corrected chi connectivity index (χ3v) is 6.69. The van der Waals surface area contributed by atoms with Crippen LogP contribution in [0.4, 0.5) is 5.69 Å². The van der Waals surface area contributed by atoms with Crippen molar-refractivity contribution in [3.8, 4) is 22.8 Å². The monoisotopic (exact) mass is 797 g/mol. The molecule has 5 rings (SSSR count). The molecule has 0 aliphatic rings. The third kappa shape index (κ3) is 12.6. The van der Waals surface area contributed by atoms with E-state index in [1.165, 1.54) is 11.1 Å². The van der Waals surface area contributed by atoms with Crippen molar-refractivity contribution in [2.75, 3.05) is 42.3 Å². The molecule has 250 valence electrons. The van der Waals surface area contributed by atoms with Gasteiger partial charge in [-0.2, -0.15) is 42.3 Å². The largest absolute Gasteiger partial charge is 0.673 e. The molecule has 5 aromatic rings. The maximum atomic E-state index is 6.51. The molecule has 0 fully saturated rings. The number of aromatic nitrogens is 1. The Balaban J connectivity index is 0.000000996. The summed E-state index contributed by atoms with van der Waals surface area (Å²) in [5.74, 6) is 2.05. The maximum Gasteiger partial charge on any atom is 0.226 e. The average Bonchev–Trinajstić information content (AvgIpc) is 3.51. The molecule has 47 heavy (non-hydrogen) atoms. The summed E-state index contributed by atoms with van der Waals surface area (Å²) in [6.45, 7) is 8.92. The molecule has 1 heterocycles. The molecule has 0 saturated heterocycles. The summed E-state index contributed by atoms with van der Waals surface area (Å²) in [6.07, 6.45) is 0. The molecule has 0 radical (unpaired) electrons. The van der Waals surface area contributed by atoms with Crippen molar-refractivity contribution in [1.82, 2.24) is 4.98 Å². The van der Waals surface area contributed by atoms with E-state index >= 15 is 0 Å². The van der Waals surface area contributed by atoms with E-state index in [0.717, 1.165) is 33.8 Å². The molecular formula is C40H51HfN5O-4. The van der Waals surface area contributed by atoms with Crippen LogP contribution in [-0.2, 0) is 25.8 Å². The van der Waals surface area contributed by atoms with Crippen LogP contribution in [0.5, 0.6) is 0 Å². The first-order valence-electron chi connectivity index (χ1n) is 15.7. The van der Waals surface area contributed by atoms with E-state index in [2.05, 4.69) is 98.2 Å². The Morgan fingerprint density at radius 1 is 0.532 bits per heavy atom. The SMILES string of the molecule is CC(C)c1cccc(C(C)C)c1[N-]C(c1ccccc1)c1nc(-c2ccccc2)oc1-c1ccccc1.C[N-]C.C[N-]C.C[N-]C.[Hf]. The van der Waals surface area contributed by atoms with Crippen LogP contribution in [0.15, 0.2) is 114 Å². The summed E-state index contributed by atoms with van der Waals surface area (Å²) >= 11 is 0. The van der Waals surface area contributed by atoms with Crippen LogP contribution >= 0.6 is 0 Å². The van der Waals surface area contributed by atoms with Gasteiger partial charge in [-0.25, -0.2) is 4.98 Å². The summed E-state index contributed by atoms with van der Waals surface area (Å²) in [4.78, 5) is 5.12. The number of hydrogen-bond donors (Lipinski definition) is 0. The summed E-state index contributed by atoms with van der Waals surface area (Å²) in [5.41, 5.74) is 7.41. The molecule has 1 unspecified atom stereocenters. The first-order chi connectivity index (χ1) is 22.3. The molecule has 0 amide bonds. The van der Waals surface area contributed by atoms with E-state index in [1.807, 2.05) is 54.6 Å². The van der Waals surface area contributed by atoms with E-state index in [0.29, 0.717) is 17.7 Å². The maximum absolute atomic E-state index is 6.51. The predicted molar refractivity (Wildman–Crippen MR) is 199 cm³/mol. The average molecular weight is 796 g/mol. The number of benzene rings is 4. The van der Waals surface area contributed by atoms with E-state index in [4.69, 9.17) is 14.7 Å². The van der Waals surface area contributed by atoms with Crippen LogP contribution in [-0.4, -0.2) is 47.3 Å². The molecule has 0 spiro atoms. The molecule has 1 aromatic heterocycles. The van der Waals surface area contributed by atoms with Crippen LogP contribution in [0.25, 0.3) is 44.0 Å². The Kier molecular flexibility index (Phi) is 20.4. The number of para-hydroxylation sites is 1. The smallest absolute Gasteiger partial charge is 0.226 e. The van der Waals surface area contributed by atoms with Gasteiger partial charge in [-0.3, -0.25) is 0 Å². The van der Waals surface area contributed by atoms with Gasteiger partial charge in [-0.05, 0) is 30.0 Å². The number of rotatable bonds is 8. The van der Waals surface area contributed by atoms with Crippen molar-refractivity contribution < 1.29 is 30.3 Å². The van der Waals surface area contributed by atoms with E-state index in [9.17, 15) is 0 Å². The minimum absolute atomic E-state index is 0. The van der Waals surface area contributed by atoms with Crippen LogP contribution in [0.2, 0.25) is 0 Å². The van der Waals surface area contributed by atoms with Crippen molar-refractivity contribution in [2.24, 2.45) is 0 Å². The fourth-order valence-corrected chi connectivity index (χ4v) is 4.74. The Labute approximate surface area is 303 Å². The van der Waals surface area contributed by atoms with Crippen LogP contribution in [0.1, 0.15) is 68.0 Å². The zero-order chi connectivity index (χ0) is 33.9. The standard InChI is InChI=1S/C34H33N2O.3C2H6N.Hf/c1-23(2)28-21-14-22-29(24(3)4)31(28)35-30(25-15-8-5-9-16-25)32-33(26-17-10-6-11-18-26)37-34(36-32)27-19-12-7-13-20-27;3*1-3-2;/h5-24,30H,1-4H3;3*1-2H3;/q4*-1;. The van der Waals surface area contributed by atoms with E-state index in [-0.39, 0.29) is 31.9 Å². The Morgan fingerprint density at radius 2 is 0.936 bits per heavy atom. The van der Waals surface area contributed by atoms with Crippen molar-refractivity contribution in [2.45, 2.75) is 45.6 Å². The second-order valence-electron chi connectivity index (χ2n) is 11.3. The van der Waals surface area contributed by atoms with Crippen molar-refractivity contribution in [3.63, 3.8) is 0 Å². The summed E-state index contributed by atoms with van der Waals surface area (Å²) in [5, 5.41) is 16.0. The molecule has 1 atom stereocenters. The fourth-order valence-electron chi connectivity index (χ4n) is 4.74. The zero-order valence-corrected chi connectivity index (χ0v) is 33.4. The number of hydrogen-bond acceptors (Lipinski definition) is 2. The van der Waals surface area contributed by atoms with Crippen molar-refractivity contribution >= 4 is 5.69 Å². The summed E-state index contributed by atoms with van der Waals surface area (Å²) < 4.78 is 6.51. The van der Waals surface area contributed by atoms with Gasteiger partial charge in [0, 0.05) is 37.0 Å². The first kappa shape index (κ1) is 41.7. The minimum Gasteiger partial charge on any atom is -0.673 e. The number of nitrogens with zero attached hydrogens (tertiary/aromatic N) is 5. The topological polar surface area (TPSA) is 82.4 Å². The molecule has 0 N–H and O–H groups in total. The van der Waals surface area contributed by atoms with Gasteiger partial charge in [0.2, 0.25) is 5.89 Å². The Bertz CT molecular complexity index is 1480. The fraction of sp³-hybridized carbons (Fsp3) is 0.325. The normalized spacial score (nSPS) is 10.7. The second-order valence-corrected chi connectivity index (χ2v) is 11.3. The third-order valence-electron chi connectivity index (χ3n) is 6.69. The summed E-state index contributed by atoms with van der Waals surface area (Å²) in [7, 11) is 10.5. The Hall–Kier alpha value is -3.36. The van der Waals surface area contributed by atoms with Crippen LogP contribution < -0.4 is 0 Å².